The average molecular weight is 402 g/mol. The van der Waals surface area contributed by atoms with E-state index in [1.807, 2.05) is 12.1 Å². The highest BCUT2D eigenvalue weighted by Crippen LogP contribution is 2.37. The minimum absolute atomic E-state index is 0.197. The lowest BCUT2D eigenvalue weighted by molar-refractivity contribution is 0.0904. The molecule has 4 heterocycles. The molecule has 1 atom stereocenters. The smallest absolute Gasteiger partial charge is 0.131 e. The monoisotopic (exact) mass is 401 g/mol. The highest BCUT2D eigenvalue weighted by Gasteiger charge is 2.32. The topological polar surface area (TPSA) is 54.5 Å². The van der Waals surface area contributed by atoms with Gasteiger partial charge in [0, 0.05) is 56.5 Å². The molecule has 0 aliphatic carbocycles. The average Bonchev–Trinajstić information content (AvgIpc) is 3.04. The molecule has 1 unspecified atom stereocenters. The van der Waals surface area contributed by atoms with Gasteiger partial charge >= 0.3 is 0 Å². The van der Waals surface area contributed by atoms with Crippen molar-refractivity contribution in [2.45, 2.75) is 36.1 Å². The SMILES string of the molecule is O=S1CCc2nc(N3CC(c4ccc(F)cc4)C3)cc(NC3CCOCC3)c21. The van der Waals surface area contributed by atoms with Crippen LogP contribution in [0, 0.1) is 5.82 Å². The lowest BCUT2D eigenvalue weighted by Gasteiger charge is -2.41. The van der Waals surface area contributed by atoms with Gasteiger partial charge in [-0.05, 0) is 30.5 Å². The zero-order valence-electron chi connectivity index (χ0n) is 15.7. The van der Waals surface area contributed by atoms with E-state index >= 15 is 0 Å². The molecule has 0 radical (unpaired) electrons. The van der Waals surface area contributed by atoms with Crippen molar-refractivity contribution in [3.63, 3.8) is 0 Å². The van der Waals surface area contributed by atoms with Crippen molar-refractivity contribution in [3.8, 4) is 0 Å². The fourth-order valence-corrected chi connectivity index (χ4v) is 5.59. The number of pyridine rings is 1. The van der Waals surface area contributed by atoms with Crippen LogP contribution in [0.4, 0.5) is 15.9 Å². The van der Waals surface area contributed by atoms with Gasteiger partial charge in [0.25, 0.3) is 0 Å². The molecular formula is C21H24FN3O2S. The van der Waals surface area contributed by atoms with Crippen molar-refractivity contribution in [1.29, 1.82) is 0 Å². The van der Waals surface area contributed by atoms with Crippen LogP contribution in [0.3, 0.4) is 0 Å². The number of hydrogen-bond acceptors (Lipinski definition) is 5. The van der Waals surface area contributed by atoms with Crippen LogP contribution in [0.1, 0.15) is 30.0 Å². The molecule has 2 aromatic rings. The Hall–Kier alpha value is -1.99. The second-order valence-electron chi connectivity index (χ2n) is 7.79. The Morgan fingerprint density at radius 3 is 2.68 bits per heavy atom. The molecule has 28 heavy (non-hydrogen) atoms. The van der Waals surface area contributed by atoms with Gasteiger partial charge in [-0.2, -0.15) is 0 Å². The molecule has 0 amide bonds. The molecule has 7 heteroatoms. The van der Waals surface area contributed by atoms with E-state index in [9.17, 15) is 8.60 Å². The predicted octanol–water partition coefficient (Wildman–Crippen LogP) is 3.08. The van der Waals surface area contributed by atoms with Crippen molar-refractivity contribution in [2.24, 2.45) is 0 Å². The minimum Gasteiger partial charge on any atom is -0.381 e. The summed E-state index contributed by atoms with van der Waals surface area (Å²) in [6.45, 7) is 3.28. The van der Waals surface area contributed by atoms with Crippen LogP contribution in [-0.4, -0.2) is 47.3 Å². The van der Waals surface area contributed by atoms with E-state index < -0.39 is 10.8 Å². The van der Waals surface area contributed by atoms with Crippen LogP contribution >= 0.6 is 0 Å². The molecule has 5 rings (SSSR count). The van der Waals surface area contributed by atoms with Crippen LogP contribution in [-0.2, 0) is 22.0 Å². The van der Waals surface area contributed by atoms with Crippen molar-refractivity contribution in [3.05, 3.63) is 47.4 Å². The Kier molecular flexibility index (Phi) is 4.80. The first-order chi connectivity index (χ1) is 13.7. The van der Waals surface area contributed by atoms with Gasteiger partial charge in [-0.1, -0.05) is 12.1 Å². The lowest BCUT2D eigenvalue weighted by Crippen LogP contribution is -2.45. The summed E-state index contributed by atoms with van der Waals surface area (Å²) in [5.41, 5.74) is 3.11. The van der Waals surface area contributed by atoms with Gasteiger partial charge in [0.15, 0.2) is 0 Å². The third-order valence-electron chi connectivity index (χ3n) is 5.91. The summed E-state index contributed by atoms with van der Waals surface area (Å²) in [4.78, 5) is 7.98. The number of nitrogens with zero attached hydrogens (tertiary/aromatic N) is 2. The third kappa shape index (κ3) is 3.42. The maximum atomic E-state index is 13.1. The van der Waals surface area contributed by atoms with Gasteiger partial charge in [0.2, 0.25) is 0 Å². The normalized spacial score (nSPS) is 22.8. The Bertz CT molecular complexity index is 893. The van der Waals surface area contributed by atoms with Crippen molar-refractivity contribution in [2.75, 3.05) is 42.3 Å². The molecular weight excluding hydrogens is 377 g/mol. The molecule has 148 valence electrons. The van der Waals surface area contributed by atoms with Crippen LogP contribution in [0.2, 0.25) is 0 Å². The molecule has 3 aliphatic rings. The number of benzene rings is 1. The second kappa shape index (κ2) is 7.44. The Morgan fingerprint density at radius 2 is 1.93 bits per heavy atom. The number of aromatic nitrogens is 1. The van der Waals surface area contributed by atoms with Gasteiger partial charge in [0.05, 0.1) is 27.1 Å². The van der Waals surface area contributed by atoms with Crippen molar-refractivity contribution >= 4 is 22.3 Å². The zero-order chi connectivity index (χ0) is 19.1. The molecule has 0 spiro atoms. The molecule has 0 bridgehead atoms. The zero-order valence-corrected chi connectivity index (χ0v) is 16.5. The number of aryl methyl sites for hydroxylation is 1. The Labute approximate surface area is 166 Å². The lowest BCUT2D eigenvalue weighted by atomic mass is 9.91. The summed E-state index contributed by atoms with van der Waals surface area (Å²) < 4.78 is 31.1. The standard InChI is InChI=1S/C21H24FN3O2S/c22-16-3-1-14(2-4-16)15-12-25(13-15)20-11-19(23-17-5-8-27-9-6-17)21-18(24-20)7-10-28(21)26/h1-4,11,15,17H,5-10,12-13H2,(H,23,24). The summed E-state index contributed by atoms with van der Waals surface area (Å²) in [7, 11) is -0.968. The fourth-order valence-electron chi connectivity index (χ4n) is 4.23. The highest BCUT2D eigenvalue weighted by atomic mass is 32.2. The van der Waals surface area contributed by atoms with Crippen molar-refractivity contribution in [1.82, 2.24) is 4.98 Å². The first-order valence-corrected chi connectivity index (χ1v) is 11.3. The highest BCUT2D eigenvalue weighted by molar-refractivity contribution is 7.85. The number of nitrogens with one attached hydrogen (secondary N) is 1. The molecule has 1 aromatic carbocycles. The first kappa shape index (κ1) is 18.1. The van der Waals surface area contributed by atoms with Crippen LogP contribution in [0.5, 0.6) is 0 Å². The van der Waals surface area contributed by atoms with E-state index in [2.05, 4.69) is 16.3 Å². The maximum Gasteiger partial charge on any atom is 0.131 e. The summed E-state index contributed by atoms with van der Waals surface area (Å²) in [6.07, 6.45) is 2.71. The predicted molar refractivity (Wildman–Crippen MR) is 108 cm³/mol. The van der Waals surface area contributed by atoms with Crippen molar-refractivity contribution < 1.29 is 13.3 Å². The number of rotatable bonds is 4. The number of anilines is 2. The number of fused-ring (bicyclic) bond motifs is 1. The second-order valence-corrected chi connectivity index (χ2v) is 9.30. The van der Waals surface area contributed by atoms with E-state index in [4.69, 9.17) is 9.72 Å². The summed E-state index contributed by atoms with van der Waals surface area (Å²) in [6, 6.07) is 9.21. The van der Waals surface area contributed by atoms with Gasteiger partial charge in [-0.15, -0.1) is 0 Å². The molecule has 2 saturated heterocycles. The minimum atomic E-state index is -0.968. The quantitative estimate of drug-likeness (QED) is 0.853. The Balaban J connectivity index is 1.36. The Morgan fingerprint density at radius 1 is 1.18 bits per heavy atom. The number of halogens is 1. The van der Waals surface area contributed by atoms with Crippen LogP contribution in [0.25, 0.3) is 0 Å². The molecule has 3 aliphatic heterocycles. The van der Waals surface area contributed by atoms with E-state index in [-0.39, 0.29) is 5.82 Å². The maximum absolute atomic E-state index is 13.1. The molecule has 0 saturated carbocycles. The van der Waals surface area contributed by atoms with E-state index in [0.29, 0.717) is 17.7 Å². The van der Waals surface area contributed by atoms with Crippen LogP contribution in [0.15, 0.2) is 35.2 Å². The molecule has 5 nitrogen and oxygen atoms in total. The first-order valence-electron chi connectivity index (χ1n) is 9.94. The van der Waals surface area contributed by atoms with Gasteiger partial charge in [-0.25, -0.2) is 9.37 Å². The summed E-state index contributed by atoms with van der Waals surface area (Å²) >= 11 is 0. The van der Waals surface area contributed by atoms with Gasteiger partial charge in [-0.3, -0.25) is 4.21 Å². The third-order valence-corrected chi connectivity index (χ3v) is 7.40. The van der Waals surface area contributed by atoms with E-state index in [1.165, 1.54) is 17.7 Å². The number of hydrogen-bond donors (Lipinski definition) is 1. The molecule has 1 aromatic heterocycles. The van der Waals surface area contributed by atoms with Gasteiger partial charge < -0.3 is 15.0 Å². The van der Waals surface area contributed by atoms with E-state index in [0.717, 1.165) is 67.7 Å². The fraction of sp³-hybridized carbons (Fsp3) is 0.476. The summed E-state index contributed by atoms with van der Waals surface area (Å²) in [5, 5.41) is 3.62. The molecule has 2 fully saturated rings. The molecule has 1 N–H and O–H groups in total. The van der Waals surface area contributed by atoms with Gasteiger partial charge in [0.1, 0.15) is 11.6 Å². The largest absolute Gasteiger partial charge is 0.381 e. The van der Waals surface area contributed by atoms with E-state index in [1.54, 1.807) is 0 Å². The number of ether oxygens (including phenoxy) is 1. The van der Waals surface area contributed by atoms with Crippen LogP contribution < -0.4 is 10.2 Å². The summed E-state index contributed by atoms with van der Waals surface area (Å²) in [5.74, 6) is 1.81.